The summed E-state index contributed by atoms with van der Waals surface area (Å²) in [4.78, 5) is 28.8. The average Bonchev–Trinajstić information content (AvgIpc) is 2.88. The summed E-state index contributed by atoms with van der Waals surface area (Å²) in [5.74, 6) is -4.23. The van der Waals surface area contributed by atoms with Crippen LogP contribution in [0.15, 0.2) is 12.1 Å². The molecule has 11 nitrogen and oxygen atoms in total. The Morgan fingerprint density at radius 1 is 1.00 bits per heavy atom. The Labute approximate surface area is 224 Å². The molecule has 2 aromatic rings. The average molecular weight is 544 g/mol. The fraction of sp³-hybridized carbons (Fsp3) is 0.500. The highest BCUT2D eigenvalue weighted by molar-refractivity contribution is 6.32. The van der Waals surface area contributed by atoms with Gasteiger partial charge >= 0.3 is 0 Å². The first-order valence-corrected chi connectivity index (χ1v) is 12.9. The quantitative estimate of drug-likeness (QED) is 0.265. The van der Waals surface area contributed by atoms with E-state index in [2.05, 4.69) is 0 Å². The van der Waals surface area contributed by atoms with Crippen molar-refractivity contribution in [2.24, 2.45) is 0 Å². The van der Waals surface area contributed by atoms with Gasteiger partial charge in [-0.3, -0.25) is 9.59 Å². The maximum atomic E-state index is 13.6. The summed E-state index contributed by atoms with van der Waals surface area (Å²) in [7, 11) is 3.62. The number of likely N-dealkylation sites (N-methyl/N-ethyl adjacent to an activating group) is 1. The first-order chi connectivity index (χ1) is 18.3. The molecule has 1 fully saturated rings. The van der Waals surface area contributed by atoms with Crippen molar-refractivity contribution in [3.05, 3.63) is 45.5 Å². The molecule has 0 saturated carbocycles. The third kappa shape index (κ3) is 3.99. The van der Waals surface area contributed by atoms with Gasteiger partial charge in [0, 0.05) is 23.6 Å². The molecule has 2 aliphatic carbocycles. The summed E-state index contributed by atoms with van der Waals surface area (Å²) >= 11 is 0. The van der Waals surface area contributed by atoms with Crippen molar-refractivity contribution >= 4 is 11.6 Å². The van der Waals surface area contributed by atoms with Gasteiger partial charge in [-0.1, -0.05) is 6.92 Å². The Morgan fingerprint density at radius 2 is 1.56 bits per heavy atom. The zero-order valence-electron chi connectivity index (χ0n) is 22.1. The second kappa shape index (κ2) is 9.46. The lowest BCUT2D eigenvalue weighted by Gasteiger charge is -2.46. The molecule has 1 heterocycles. The van der Waals surface area contributed by atoms with Crippen molar-refractivity contribution in [1.82, 2.24) is 4.90 Å². The molecule has 0 unspecified atom stereocenters. The summed E-state index contributed by atoms with van der Waals surface area (Å²) in [5, 5.41) is 65.7. The molecule has 11 heteroatoms. The molecule has 0 aromatic heterocycles. The minimum atomic E-state index is -1.53. The molecular weight excluding hydrogens is 510 g/mol. The van der Waals surface area contributed by atoms with Gasteiger partial charge in [-0.05, 0) is 52.4 Å². The van der Waals surface area contributed by atoms with E-state index >= 15 is 0 Å². The highest BCUT2D eigenvalue weighted by Gasteiger charge is 2.50. The van der Waals surface area contributed by atoms with E-state index in [4.69, 9.17) is 9.47 Å². The molecule has 6 atom stereocenters. The van der Waals surface area contributed by atoms with Crippen LogP contribution in [0.1, 0.15) is 82.2 Å². The molecule has 210 valence electrons. The number of aromatic hydroxyl groups is 4. The zero-order valence-corrected chi connectivity index (χ0v) is 22.1. The van der Waals surface area contributed by atoms with Gasteiger partial charge < -0.3 is 45.0 Å². The van der Waals surface area contributed by atoms with E-state index in [0.717, 1.165) is 12.1 Å². The smallest absolute Gasteiger partial charge is 0.202 e. The highest BCUT2D eigenvalue weighted by atomic mass is 16.7. The number of aliphatic hydroxyl groups is 2. The van der Waals surface area contributed by atoms with Crippen molar-refractivity contribution < 1.29 is 49.7 Å². The molecule has 6 N–H and O–H groups in total. The van der Waals surface area contributed by atoms with Crippen LogP contribution in [0.2, 0.25) is 0 Å². The monoisotopic (exact) mass is 543 g/mol. The summed E-state index contributed by atoms with van der Waals surface area (Å²) in [6.45, 7) is 3.43. The lowest BCUT2D eigenvalue weighted by molar-refractivity contribution is -0.276. The number of ketones is 2. The largest absolute Gasteiger partial charge is 0.507 e. The number of rotatable bonds is 4. The van der Waals surface area contributed by atoms with E-state index in [0.29, 0.717) is 0 Å². The lowest BCUT2D eigenvalue weighted by Crippen LogP contribution is -2.54. The van der Waals surface area contributed by atoms with E-state index in [1.54, 1.807) is 13.8 Å². The van der Waals surface area contributed by atoms with Crippen molar-refractivity contribution in [2.75, 3.05) is 14.1 Å². The van der Waals surface area contributed by atoms with E-state index in [-0.39, 0.29) is 42.9 Å². The number of carbonyl (C=O) groups excluding carboxylic acids is 2. The van der Waals surface area contributed by atoms with E-state index < -0.39 is 87.0 Å². The van der Waals surface area contributed by atoms with E-state index in [9.17, 15) is 40.2 Å². The second-order valence-corrected chi connectivity index (χ2v) is 10.9. The van der Waals surface area contributed by atoms with Gasteiger partial charge in [0.05, 0.1) is 40.1 Å². The van der Waals surface area contributed by atoms with Crippen LogP contribution >= 0.6 is 0 Å². The number of aliphatic hydroxyl groups excluding tert-OH is 1. The van der Waals surface area contributed by atoms with Crippen LogP contribution in [-0.4, -0.2) is 91.3 Å². The van der Waals surface area contributed by atoms with Crippen LogP contribution in [0.4, 0.5) is 0 Å². The number of phenolic OH excluding ortho intramolecular Hbond substituents is 4. The van der Waals surface area contributed by atoms with Gasteiger partial charge in [0.2, 0.25) is 11.6 Å². The van der Waals surface area contributed by atoms with Crippen molar-refractivity contribution in [1.29, 1.82) is 0 Å². The SMILES string of the molecule is CC[C@@]1(O)CCc2c(O)c3c(c(O)c2[C@H]1O[C@@H]1C[C@H](N(C)C)[C@H](O)[C@H](C)O1)C(=O)c1c(O)ccc(O)c1C3=O. The number of benzene rings is 2. The highest BCUT2D eigenvalue weighted by Crippen LogP contribution is 2.54. The van der Waals surface area contributed by atoms with Gasteiger partial charge in [-0.2, -0.15) is 0 Å². The molecule has 0 bridgehead atoms. The third-order valence-electron chi connectivity index (χ3n) is 8.46. The fourth-order valence-corrected chi connectivity index (χ4v) is 6.14. The minimum Gasteiger partial charge on any atom is -0.507 e. The van der Waals surface area contributed by atoms with Gasteiger partial charge in [0.1, 0.15) is 29.1 Å². The summed E-state index contributed by atoms with van der Waals surface area (Å²) < 4.78 is 12.2. The molecule has 1 saturated heterocycles. The van der Waals surface area contributed by atoms with Crippen LogP contribution in [0.5, 0.6) is 23.0 Å². The molecule has 1 aliphatic heterocycles. The Morgan fingerprint density at radius 3 is 2.10 bits per heavy atom. The Bertz CT molecular complexity index is 1370. The normalized spacial score (nSPS) is 30.2. The van der Waals surface area contributed by atoms with Gasteiger partial charge in [0.25, 0.3) is 0 Å². The summed E-state index contributed by atoms with van der Waals surface area (Å²) in [6.07, 6.45) is -2.97. The predicted molar refractivity (Wildman–Crippen MR) is 136 cm³/mol. The molecule has 0 spiro atoms. The van der Waals surface area contributed by atoms with Crippen molar-refractivity contribution in [3.8, 4) is 23.0 Å². The Hall–Kier alpha value is -3.22. The standard InChI is InChI=1S/C28H33NO10/c1-5-28(37)9-8-12-17(27(28)39-16-10-13(29(3)4)22(32)11(2)38-16)24(34)21-20(23(12)33)25(35)18-14(30)6-7-15(31)19(18)26(21)36/h6-7,11,13,16,22,27,30-34,37H,5,8-10H2,1-4H3/t11-,13-,16+,22+,27+,28+/m0/s1. The van der Waals surface area contributed by atoms with E-state index in [1.807, 2.05) is 19.0 Å². The first-order valence-electron chi connectivity index (χ1n) is 12.9. The first kappa shape index (κ1) is 27.4. The third-order valence-corrected chi connectivity index (χ3v) is 8.46. The van der Waals surface area contributed by atoms with Crippen molar-refractivity contribution in [2.45, 2.75) is 75.8 Å². The Balaban J connectivity index is 1.67. The number of hydrogen-bond acceptors (Lipinski definition) is 11. The van der Waals surface area contributed by atoms with E-state index in [1.165, 1.54) is 0 Å². The van der Waals surface area contributed by atoms with Crippen LogP contribution in [0.25, 0.3) is 0 Å². The van der Waals surface area contributed by atoms with Gasteiger partial charge in [-0.15, -0.1) is 0 Å². The minimum absolute atomic E-state index is 0.0464. The molecule has 2 aromatic carbocycles. The van der Waals surface area contributed by atoms with Crippen LogP contribution in [0, 0.1) is 0 Å². The summed E-state index contributed by atoms with van der Waals surface area (Å²) in [6, 6.07) is 1.79. The molecule has 39 heavy (non-hydrogen) atoms. The fourth-order valence-electron chi connectivity index (χ4n) is 6.14. The number of nitrogens with zero attached hydrogens (tertiary/aromatic N) is 1. The second-order valence-electron chi connectivity index (χ2n) is 10.9. The number of phenols is 4. The molecule has 0 radical (unpaired) electrons. The van der Waals surface area contributed by atoms with Gasteiger partial charge in [-0.25, -0.2) is 0 Å². The molecule has 5 rings (SSSR count). The van der Waals surface area contributed by atoms with Crippen LogP contribution < -0.4 is 0 Å². The zero-order chi connectivity index (χ0) is 28.5. The topological polar surface area (TPSA) is 177 Å². The summed E-state index contributed by atoms with van der Waals surface area (Å²) in [5.41, 5.74) is -3.42. The predicted octanol–water partition coefficient (Wildman–Crippen LogP) is 1.86. The van der Waals surface area contributed by atoms with Crippen LogP contribution in [-0.2, 0) is 15.9 Å². The number of ether oxygens (including phenoxy) is 2. The maximum absolute atomic E-state index is 13.6. The van der Waals surface area contributed by atoms with Crippen molar-refractivity contribution in [3.63, 3.8) is 0 Å². The Kier molecular flexibility index (Phi) is 6.63. The number of fused-ring (bicyclic) bond motifs is 3. The molecule has 0 amide bonds. The number of hydrogen-bond donors (Lipinski definition) is 6. The van der Waals surface area contributed by atoms with Gasteiger partial charge in [0.15, 0.2) is 6.29 Å². The van der Waals surface area contributed by atoms with Crippen LogP contribution in [0.3, 0.4) is 0 Å². The lowest BCUT2D eigenvalue weighted by atomic mass is 9.71. The maximum Gasteiger partial charge on any atom is 0.202 e. The molecular formula is C28H33NO10. The number of carbonyl (C=O) groups is 2. The molecule has 3 aliphatic rings.